The van der Waals surface area contributed by atoms with Gasteiger partial charge >= 0.3 is 0 Å². The van der Waals surface area contributed by atoms with Gasteiger partial charge in [0.2, 0.25) is 0 Å². The lowest BCUT2D eigenvalue weighted by Crippen LogP contribution is -2.60. The van der Waals surface area contributed by atoms with E-state index in [2.05, 4.69) is 54.6 Å². The molecule has 2 heterocycles. The van der Waals surface area contributed by atoms with E-state index in [1.807, 2.05) is 24.3 Å². The average Bonchev–Trinajstić information content (AvgIpc) is 3.15. The van der Waals surface area contributed by atoms with Crippen LogP contribution in [0.15, 0.2) is 36.4 Å². The summed E-state index contributed by atoms with van der Waals surface area (Å²) in [6.45, 7) is 8.97. The van der Waals surface area contributed by atoms with E-state index in [1.165, 1.54) is 17.6 Å². The maximum Gasteiger partial charge on any atom is 0.148 e. The molecule has 1 aromatic carbocycles. The van der Waals surface area contributed by atoms with E-state index < -0.39 is 0 Å². The molecular formula is C24H32N4O. The van der Waals surface area contributed by atoms with Gasteiger partial charge in [-0.15, -0.1) is 10.2 Å². The van der Waals surface area contributed by atoms with Crippen LogP contribution in [0, 0.1) is 0 Å². The van der Waals surface area contributed by atoms with Crippen LogP contribution in [0.1, 0.15) is 65.4 Å². The summed E-state index contributed by atoms with van der Waals surface area (Å²) in [7, 11) is 0. The lowest BCUT2D eigenvalue weighted by Gasteiger charge is -2.46. The maximum absolute atomic E-state index is 10.4. The fourth-order valence-corrected chi connectivity index (χ4v) is 5.06. The molecule has 5 nitrogen and oxygen atoms in total. The number of rotatable bonds is 4. The Bertz CT molecular complexity index is 899. The van der Waals surface area contributed by atoms with E-state index in [1.54, 1.807) is 6.07 Å². The highest BCUT2D eigenvalue weighted by molar-refractivity contribution is 5.75. The molecular weight excluding hydrogens is 360 g/mol. The summed E-state index contributed by atoms with van der Waals surface area (Å²) in [5, 5.41) is 26.4. The molecule has 1 aliphatic heterocycles. The number of nitrogens with one attached hydrogen (secondary N) is 2. The molecule has 3 N–H and O–H groups in total. The number of nitrogens with zero attached hydrogens (tertiary/aromatic N) is 2. The first-order valence-electron chi connectivity index (χ1n) is 10.6. The third kappa shape index (κ3) is 4.61. The summed E-state index contributed by atoms with van der Waals surface area (Å²) in [6, 6.07) is 10.0. The molecule has 29 heavy (non-hydrogen) atoms. The van der Waals surface area contributed by atoms with Crippen LogP contribution in [0.4, 0.5) is 5.82 Å². The van der Waals surface area contributed by atoms with Crippen LogP contribution in [-0.2, 0) is 0 Å². The van der Waals surface area contributed by atoms with E-state index in [4.69, 9.17) is 0 Å². The first-order chi connectivity index (χ1) is 13.7. The number of hydrogen-bond acceptors (Lipinski definition) is 5. The van der Waals surface area contributed by atoms with Crippen molar-refractivity contribution in [1.82, 2.24) is 15.5 Å². The number of hydrogen-bond donors (Lipinski definition) is 3. The van der Waals surface area contributed by atoms with Crippen molar-refractivity contribution in [3.63, 3.8) is 0 Å². The summed E-state index contributed by atoms with van der Waals surface area (Å²) in [6.07, 6.45) is 7.78. The molecule has 4 rings (SSSR count). The van der Waals surface area contributed by atoms with E-state index in [-0.39, 0.29) is 16.8 Å². The molecule has 2 aromatic rings. The van der Waals surface area contributed by atoms with Gasteiger partial charge < -0.3 is 15.7 Å². The largest absolute Gasteiger partial charge is 0.507 e. The Hall–Kier alpha value is -2.40. The maximum atomic E-state index is 10.4. The zero-order chi connectivity index (χ0) is 20.6. The molecule has 1 aromatic heterocycles. The Kier molecular flexibility index (Phi) is 5.11. The smallest absolute Gasteiger partial charge is 0.148 e. The predicted octanol–water partition coefficient (Wildman–Crippen LogP) is 5.14. The normalized spacial score (nSPS) is 21.0. The van der Waals surface area contributed by atoms with Crippen molar-refractivity contribution in [1.29, 1.82) is 0 Å². The minimum atomic E-state index is 0.0773. The van der Waals surface area contributed by atoms with Gasteiger partial charge in [-0.3, -0.25) is 0 Å². The number of anilines is 1. The van der Waals surface area contributed by atoms with Crippen molar-refractivity contribution in [3.05, 3.63) is 42.0 Å². The van der Waals surface area contributed by atoms with Crippen LogP contribution >= 0.6 is 0 Å². The van der Waals surface area contributed by atoms with Gasteiger partial charge in [-0.2, -0.15) is 0 Å². The van der Waals surface area contributed by atoms with Crippen LogP contribution in [0.3, 0.4) is 0 Å². The van der Waals surface area contributed by atoms with E-state index in [9.17, 15) is 5.11 Å². The lowest BCUT2D eigenvalue weighted by molar-refractivity contribution is 0.170. The Morgan fingerprint density at radius 1 is 1.03 bits per heavy atom. The van der Waals surface area contributed by atoms with Crippen molar-refractivity contribution >= 4 is 11.4 Å². The first kappa shape index (κ1) is 19.9. The Labute approximate surface area is 173 Å². The van der Waals surface area contributed by atoms with Crippen LogP contribution in [0.2, 0.25) is 0 Å². The molecule has 1 saturated heterocycles. The van der Waals surface area contributed by atoms with Gasteiger partial charge in [0.05, 0.1) is 5.69 Å². The molecule has 0 radical (unpaired) electrons. The molecule has 0 spiro atoms. The molecule has 0 saturated carbocycles. The molecule has 1 aliphatic carbocycles. The zero-order valence-corrected chi connectivity index (χ0v) is 17.9. The second-order valence-corrected chi connectivity index (χ2v) is 9.80. The highest BCUT2D eigenvalue weighted by atomic mass is 16.3. The molecule has 0 unspecified atom stereocenters. The van der Waals surface area contributed by atoms with Gasteiger partial charge in [-0.05, 0) is 95.2 Å². The second kappa shape index (κ2) is 7.45. The van der Waals surface area contributed by atoms with Crippen LogP contribution in [0.25, 0.3) is 16.8 Å². The highest BCUT2D eigenvalue weighted by Gasteiger charge is 2.37. The zero-order valence-electron chi connectivity index (χ0n) is 17.9. The minimum absolute atomic E-state index is 0.0773. The number of benzene rings is 1. The van der Waals surface area contributed by atoms with E-state index in [0.29, 0.717) is 11.7 Å². The number of phenols is 1. The second-order valence-electron chi connectivity index (χ2n) is 9.80. The SMILES string of the molecule is CC1(C)CC(Nc2ccc(-c3cc(C4=CCCC4)ccc3O)nn2)CC(C)(C)N1. The quantitative estimate of drug-likeness (QED) is 0.672. The van der Waals surface area contributed by atoms with Crippen LogP contribution < -0.4 is 10.6 Å². The Morgan fingerprint density at radius 2 is 1.79 bits per heavy atom. The summed E-state index contributed by atoms with van der Waals surface area (Å²) in [4.78, 5) is 0. The summed E-state index contributed by atoms with van der Waals surface area (Å²) >= 11 is 0. The van der Waals surface area contributed by atoms with Gasteiger partial charge in [0.15, 0.2) is 0 Å². The van der Waals surface area contributed by atoms with Crippen molar-refractivity contribution in [2.45, 2.75) is 76.9 Å². The average molecular weight is 393 g/mol. The summed E-state index contributed by atoms with van der Waals surface area (Å²) in [5.74, 6) is 1.02. The molecule has 154 valence electrons. The van der Waals surface area contributed by atoms with Gasteiger partial charge in [0.1, 0.15) is 11.6 Å². The fourth-order valence-electron chi connectivity index (χ4n) is 5.06. The van der Waals surface area contributed by atoms with Gasteiger partial charge in [0, 0.05) is 22.7 Å². The van der Waals surface area contributed by atoms with Crippen LogP contribution in [0.5, 0.6) is 5.75 Å². The van der Waals surface area contributed by atoms with Crippen molar-refractivity contribution in [2.24, 2.45) is 0 Å². The summed E-state index contributed by atoms with van der Waals surface area (Å²) in [5.41, 5.74) is 4.10. The fraction of sp³-hybridized carbons (Fsp3) is 0.500. The molecule has 1 fully saturated rings. The predicted molar refractivity (Wildman–Crippen MR) is 119 cm³/mol. The highest BCUT2D eigenvalue weighted by Crippen LogP contribution is 2.35. The third-order valence-corrected chi connectivity index (χ3v) is 5.89. The van der Waals surface area contributed by atoms with Crippen molar-refractivity contribution in [3.8, 4) is 17.0 Å². The van der Waals surface area contributed by atoms with Crippen molar-refractivity contribution in [2.75, 3.05) is 5.32 Å². The molecule has 0 bridgehead atoms. The van der Waals surface area contributed by atoms with Gasteiger partial charge in [0.25, 0.3) is 0 Å². The minimum Gasteiger partial charge on any atom is -0.507 e. The van der Waals surface area contributed by atoms with Gasteiger partial charge in [-0.25, -0.2) is 0 Å². The standard InChI is InChI=1S/C24H32N4O/c1-23(2)14-18(15-24(3,4)28-23)25-22-12-10-20(26-27-22)19-13-17(9-11-21(19)29)16-7-5-6-8-16/h7,9-13,18,28-29H,5-6,8,14-15H2,1-4H3,(H,25,27). The number of aromatic nitrogens is 2. The van der Waals surface area contributed by atoms with E-state index in [0.717, 1.165) is 37.1 Å². The lowest BCUT2D eigenvalue weighted by atomic mass is 9.79. The number of allylic oxidation sites excluding steroid dienone is 2. The van der Waals surface area contributed by atoms with Crippen LogP contribution in [-0.4, -0.2) is 32.4 Å². The summed E-state index contributed by atoms with van der Waals surface area (Å²) < 4.78 is 0. The number of aromatic hydroxyl groups is 1. The number of phenolic OH excluding ortho intramolecular Hbond substituents is 1. The number of piperidine rings is 1. The van der Waals surface area contributed by atoms with Crippen molar-refractivity contribution < 1.29 is 5.11 Å². The van der Waals surface area contributed by atoms with Gasteiger partial charge in [-0.1, -0.05) is 12.1 Å². The first-order valence-corrected chi connectivity index (χ1v) is 10.6. The monoisotopic (exact) mass is 392 g/mol. The molecule has 2 aliphatic rings. The topological polar surface area (TPSA) is 70.1 Å². The molecule has 5 heteroatoms. The third-order valence-electron chi connectivity index (χ3n) is 5.89. The Morgan fingerprint density at radius 3 is 2.41 bits per heavy atom. The Balaban J connectivity index is 1.52. The molecule has 0 atom stereocenters. The van der Waals surface area contributed by atoms with E-state index >= 15 is 0 Å². The molecule has 0 amide bonds.